The summed E-state index contributed by atoms with van der Waals surface area (Å²) in [4.78, 5) is 12.0. The van der Waals surface area contributed by atoms with Crippen LogP contribution in [0.4, 0.5) is 0 Å². The van der Waals surface area contributed by atoms with Crippen molar-refractivity contribution in [2.75, 3.05) is 0 Å². The summed E-state index contributed by atoms with van der Waals surface area (Å²) < 4.78 is 0. The molecule has 3 heteroatoms. The fraction of sp³-hybridized carbons (Fsp3) is 0.750. The molecular weight excluding hydrogens is 288 g/mol. The van der Waals surface area contributed by atoms with E-state index in [-0.39, 0.29) is 22.7 Å². The molecule has 0 radical (unpaired) electrons. The quantitative estimate of drug-likeness (QED) is 0.721. The van der Waals surface area contributed by atoms with Crippen LogP contribution in [0, 0.1) is 28.1 Å². The van der Waals surface area contributed by atoms with E-state index in [1.165, 1.54) is 11.1 Å². The minimum Gasteiger partial charge on any atom is -0.481 e. The standard InChI is InChI=1S/C20H28O3/c1-12-10-20-8-5-15-18(2,6-4-7-19(15,3)17(22)23)16(20)9-14(21)13(12)11-20/h9,13-15,21H,1,4-8,10-11H2,2-3H3,(H,22,23)/t13-,14+,15-,18+,19?,20+/m1/s1. The van der Waals surface area contributed by atoms with Gasteiger partial charge in [-0.1, -0.05) is 37.1 Å². The monoisotopic (exact) mass is 316 g/mol. The van der Waals surface area contributed by atoms with Crippen molar-refractivity contribution in [2.24, 2.45) is 28.1 Å². The molecule has 0 aromatic rings. The second-order valence-corrected chi connectivity index (χ2v) is 9.08. The molecule has 4 rings (SSSR count). The van der Waals surface area contributed by atoms with Crippen molar-refractivity contribution in [2.45, 2.75) is 64.9 Å². The molecule has 2 bridgehead atoms. The summed E-state index contributed by atoms with van der Waals surface area (Å²) in [6, 6.07) is 0. The number of aliphatic carboxylic acids is 1. The molecule has 3 fully saturated rings. The topological polar surface area (TPSA) is 57.5 Å². The van der Waals surface area contributed by atoms with E-state index in [9.17, 15) is 15.0 Å². The molecule has 0 heterocycles. The van der Waals surface area contributed by atoms with Gasteiger partial charge in [-0.15, -0.1) is 0 Å². The van der Waals surface area contributed by atoms with Crippen molar-refractivity contribution < 1.29 is 15.0 Å². The van der Waals surface area contributed by atoms with E-state index in [0.29, 0.717) is 0 Å². The van der Waals surface area contributed by atoms with Crippen LogP contribution in [0.3, 0.4) is 0 Å². The lowest BCUT2D eigenvalue weighted by atomic mass is 9.44. The highest BCUT2D eigenvalue weighted by Crippen LogP contribution is 2.70. The van der Waals surface area contributed by atoms with Crippen LogP contribution in [0.25, 0.3) is 0 Å². The molecule has 0 saturated heterocycles. The predicted octanol–water partition coefficient (Wildman–Crippen LogP) is 3.93. The highest BCUT2D eigenvalue weighted by Gasteiger charge is 2.63. The van der Waals surface area contributed by atoms with Gasteiger partial charge in [-0.2, -0.15) is 0 Å². The molecule has 2 N–H and O–H groups in total. The molecule has 4 aliphatic rings. The Morgan fingerprint density at radius 3 is 2.74 bits per heavy atom. The van der Waals surface area contributed by atoms with Gasteiger partial charge in [0.1, 0.15) is 0 Å². The number of aliphatic hydroxyl groups excluding tert-OH is 1. The zero-order valence-electron chi connectivity index (χ0n) is 14.3. The number of carbonyl (C=O) groups is 1. The Kier molecular flexibility index (Phi) is 3.02. The van der Waals surface area contributed by atoms with Crippen LogP contribution >= 0.6 is 0 Å². The zero-order valence-corrected chi connectivity index (χ0v) is 14.3. The third kappa shape index (κ3) is 1.77. The normalized spacial score (nSPS) is 51.7. The average Bonchev–Trinajstić information content (AvgIpc) is 2.75. The second-order valence-electron chi connectivity index (χ2n) is 9.08. The van der Waals surface area contributed by atoms with Gasteiger partial charge in [-0.25, -0.2) is 0 Å². The van der Waals surface area contributed by atoms with Gasteiger partial charge < -0.3 is 10.2 Å². The first-order chi connectivity index (χ1) is 10.7. The summed E-state index contributed by atoms with van der Waals surface area (Å²) in [5.74, 6) is -0.251. The molecule has 23 heavy (non-hydrogen) atoms. The fourth-order valence-corrected chi connectivity index (χ4v) is 6.87. The SMILES string of the molecule is C=C1C[C@]23CC[C@H]4C(C)(C(=O)O)CCC[C@]4(C)C2=C[C@H](O)[C@@H]1C3. The number of fused-ring (bicyclic) bond motifs is 3. The lowest BCUT2D eigenvalue weighted by Gasteiger charge is -2.60. The molecule has 126 valence electrons. The van der Waals surface area contributed by atoms with Gasteiger partial charge >= 0.3 is 5.97 Å². The predicted molar refractivity (Wildman–Crippen MR) is 88.8 cm³/mol. The van der Waals surface area contributed by atoms with Crippen LogP contribution in [0.5, 0.6) is 0 Å². The number of aliphatic hydroxyl groups is 1. The minimum absolute atomic E-state index is 0.0831. The molecule has 0 amide bonds. The molecule has 3 saturated carbocycles. The molecule has 0 aromatic carbocycles. The molecule has 3 nitrogen and oxygen atoms in total. The van der Waals surface area contributed by atoms with Crippen molar-refractivity contribution in [1.29, 1.82) is 0 Å². The summed E-state index contributed by atoms with van der Waals surface area (Å²) >= 11 is 0. The van der Waals surface area contributed by atoms with Gasteiger partial charge in [0.05, 0.1) is 11.5 Å². The summed E-state index contributed by atoms with van der Waals surface area (Å²) in [5.41, 5.74) is 2.01. The number of allylic oxidation sites excluding steroid dienone is 1. The first-order valence-corrected chi connectivity index (χ1v) is 9.05. The highest BCUT2D eigenvalue weighted by molar-refractivity contribution is 5.75. The lowest BCUT2D eigenvalue weighted by Crippen LogP contribution is -2.54. The van der Waals surface area contributed by atoms with E-state index in [0.717, 1.165) is 44.9 Å². The Balaban J connectivity index is 1.83. The van der Waals surface area contributed by atoms with Crippen molar-refractivity contribution >= 4 is 5.97 Å². The van der Waals surface area contributed by atoms with E-state index >= 15 is 0 Å². The van der Waals surface area contributed by atoms with E-state index in [1.807, 2.05) is 6.92 Å². The summed E-state index contributed by atoms with van der Waals surface area (Å²) in [7, 11) is 0. The van der Waals surface area contributed by atoms with Gasteiger partial charge in [0.2, 0.25) is 0 Å². The molecule has 4 aliphatic carbocycles. The van der Waals surface area contributed by atoms with Crippen molar-refractivity contribution in [3.8, 4) is 0 Å². The largest absolute Gasteiger partial charge is 0.481 e. The number of carboxylic acids is 1. The molecule has 6 atom stereocenters. The van der Waals surface area contributed by atoms with Gasteiger partial charge in [0, 0.05) is 5.92 Å². The maximum Gasteiger partial charge on any atom is 0.309 e. The van der Waals surface area contributed by atoms with Crippen LogP contribution in [-0.4, -0.2) is 22.3 Å². The molecule has 0 aliphatic heterocycles. The fourth-order valence-electron chi connectivity index (χ4n) is 6.87. The summed E-state index contributed by atoms with van der Waals surface area (Å²) in [6.45, 7) is 8.46. The van der Waals surface area contributed by atoms with Crippen molar-refractivity contribution in [3.63, 3.8) is 0 Å². The third-order valence-corrected chi connectivity index (χ3v) is 7.97. The van der Waals surface area contributed by atoms with E-state index in [2.05, 4.69) is 19.6 Å². The minimum atomic E-state index is -0.643. The smallest absolute Gasteiger partial charge is 0.309 e. The van der Waals surface area contributed by atoms with Gasteiger partial charge in [-0.3, -0.25) is 4.79 Å². The van der Waals surface area contributed by atoms with Crippen LogP contribution < -0.4 is 0 Å². The average molecular weight is 316 g/mol. The maximum absolute atomic E-state index is 12.0. The Bertz CT molecular complexity index is 620. The Hall–Kier alpha value is -1.09. The van der Waals surface area contributed by atoms with Crippen LogP contribution in [0.15, 0.2) is 23.8 Å². The molecule has 0 aromatic heterocycles. The Labute approximate surface area is 138 Å². The maximum atomic E-state index is 12.0. The van der Waals surface area contributed by atoms with Crippen molar-refractivity contribution in [1.82, 2.24) is 0 Å². The third-order valence-electron chi connectivity index (χ3n) is 7.97. The van der Waals surface area contributed by atoms with Gasteiger partial charge in [0.25, 0.3) is 0 Å². The molecule has 1 spiro atoms. The Morgan fingerprint density at radius 2 is 2.04 bits per heavy atom. The molecular formula is C20H28O3. The number of carboxylic acid groups (broad SMARTS) is 1. The van der Waals surface area contributed by atoms with Crippen molar-refractivity contribution in [3.05, 3.63) is 23.8 Å². The molecule has 1 unspecified atom stereocenters. The van der Waals surface area contributed by atoms with Gasteiger partial charge in [0.15, 0.2) is 0 Å². The number of rotatable bonds is 1. The Morgan fingerprint density at radius 1 is 1.30 bits per heavy atom. The van der Waals surface area contributed by atoms with E-state index in [4.69, 9.17) is 0 Å². The summed E-state index contributed by atoms with van der Waals surface area (Å²) in [5, 5.41) is 20.5. The van der Waals surface area contributed by atoms with Crippen LogP contribution in [0.1, 0.15) is 58.8 Å². The van der Waals surface area contributed by atoms with Crippen LogP contribution in [-0.2, 0) is 4.79 Å². The van der Waals surface area contributed by atoms with Crippen LogP contribution in [0.2, 0.25) is 0 Å². The number of hydrogen-bond donors (Lipinski definition) is 2. The number of hydrogen-bond acceptors (Lipinski definition) is 2. The van der Waals surface area contributed by atoms with E-state index < -0.39 is 17.5 Å². The van der Waals surface area contributed by atoms with Gasteiger partial charge in [-0.05, 0) is 62.2 Å². The van der Waals surface area contributed by atoms with E-state index in [1.54, 1.807) is 0 Å². The zero-order chi connectivity index (χ0) is 16.6. The first kappa shape index (κ1) is 15.4. The second kappa shape index (κ2) is 4.50. The first-order valence-electron chi connectivity index (χ1n) is 9.05. The highest BCUT2D eigenvalue weighted by atomic mass is 16.4. The lowest BCUT2D eigenvalue weighted by molar-refractivity contribution is -0.161. The summed E-state index contributed by atoms with van der Waals surface area (Å²) in [6.07, 6.45) is 8.53.